The molecular weight excluding hydrogens is 140 g/mol. The fraction of sp³-hybridized carbons (Fsp3) is 0.667. The van der Waals surface area contributed by atoms with Gasteiger partial charge in [-0.15, -0.1) is 0 Å². The van der Waals surface area contributed by atoms with E-state index in [-0.39, 0.29) is 5.92 Å². The minimum atomic E-state index is -0.616. The molecular formula is C9H12O2. The SMILES string of the molecule is C[C@H]1[C@@H](C(=O)O)[C@H]2C=C[C@@H]1C2. The third-order valence-corrected chi connectivity index (χ3v) is 3.14. The normalized spacial score (nSPS) is 46.6. The lowest BCUT2D eigenvalue weighted by molar-refractivity contribution is -0.144. The summed E-state index contributed by atoms with van der Waals surface area (Å²) in [5.74, 6) is 0.496. The van der Waals surface area contributed by atoms with Crippen molar-refractivity contribution in [1.82, 2.24) is 0 Å². The van der Waals surface area contributed by atoms with Gasteiger partial charge in [-0.2, -0.15) is 0 Å². The van der Waals surface area contributed by atoms with Crippen LogP contribution in [0.3, 0.4) is 0 Å². The highest BCUT2D eigenvalue weighted by Gasteiger charge is 2.45. The van der Waals surface area contributed by atoms with Gasteiger partial charge in [-0.3, -0.25) is 4.79 Å². The maximum absolute atomic E-state index is 10.8. The first kappa shape index (κ1) is 6.89. The highest BCUT2D eigenvalue weighted by atomic mass is 16.4. The first-order chi connectivity index (χ1) is 5.20. The van der Waals surface area contributed by atoms with Gasteiger partial charge >= 0.3 is 5.97 Å². The first-order valence-electron chi connectivity index (χ1n) is 4.11. The number of fused-ring (bicyclic) bond motifs is 2. The molecule has 0 amide bonds. The van der Waals surface area contributed by atoms with Crippen molar-refractivity contribution in [3.8, 4) is 0 Å². The Kier molecular flexibility index (Phi) is 1.31. The van der Waals surface area contributed by atoms with E-state index >= 15 is 0 Å². The van der Waals surface area contributed by atoms with E-state index in [0.29, 0.717) is 17.8 Å². The number of carboxylic acids is 1. The standard InChI is InChI=1S/C9H12O2/c1-5-6-2-3-7(4-6)8(5)9(10)11/h2-3,5-8H,4H2,1H3,(H,10,11)/t5-,6-,7+,8-/m1/s1. The van der Waals surface area contributed by atoms with Gasteiger partial charge in [-0.1, -0.05) is 19.1 Å². The summed E-state index contributed by atoms with van der Waals surface area (Å²) >= 11 is 0. The van der Waals surface area contributed by atoms with E-state index in [1.807, 2.05) is 6.92 Å². The fourth-order valence-electron chi connectivity index (χ4n) is 2.48. The Morgan fingerprint density at radius 1 is 1.45 bits per heavy atom. The van der Waals surface area contributed by atoms with Crippen LogP contribution in [0.2, 0.25) is 0 Å². The molecule has 2 aliphatic rings. The molecule has 4 atom stereocenters. The minimum Gasteiger partial charge on any atom is -0.481 e. The zero-order valence-corrected chi connectivity index (χ0v) is 6.53. The van der Waals surface area contributed by atoms with Crippen LogP contribution in [0.25, 0.3) is 0 Å². The third-order valence-electron chi connectivity index (χ3n) is 3.14. The molecule has 2 aliphatic carbocycles. The lowest BCUT2D eigenvalue weighted by atomic mass is 9.85. The van der Waals surface area contributed by atoms with E-state index in [1.165, 1.54) is 0 Å². The van der Waals surface area contributed by atoms with Gasteiger partial charge in [0.15, 0.2) is 0 Å². The summed E-state index contributed by atoms with van der Waals surface area (Å²) in [7, 11) is 0. The predicted octanol–water partition coefficient (Wildman–Crippen LogP) is 1.53. The van der Waals surface area contributed by atoms with Crippen LogP contribution in [0, 0.1) is 23.7 Å². The van der Waals surface area contributed by atoms with Gasteiger partial charge in [-0.25, -0.2) is 0 Å². The van der Waals surface area contributed by atoms with Gasteiger partial charge in [0.2, 0.25) is 0 Å². The second-order valence-corrected chi connectivity index (χ2v) is 3.67. The average molecular weight is 152 g/mol. The number of aliphatic carboxylic acids is 1. The summed E-state index contributed by atoms with van der Waals surface area (Å²) in [6, 6.07) is 0. The Hall–Kier alpha value is -0.790. The smallest absolute Gasteiger partial charge is 0.307 e. The predicted molar refractivity (Wildman–Crippen MR) is 41.0 cm³/mol. The monoisotopic (exact) mass is 152 g/mol. The van der Waals surface area contributed by atoms with E-state index in [4.69, 9.17) is 5.11 Å². The molecule has 0 saturated heterocycles. The molecule has 0 heterocycles. The van der Waals surface area contributed by atoms with Crippen LogP contribution in [-0.2, 0) is 4.79 Å². The molecule has 2 bridgehead atoms. The topological polar surface area (TPSA) is 37.3 Å². The zero-order chi connectivity index (χ0) is 8.01. The zero-order valence-electron chi connectivity index (χ0n) is 6.53. The molecule has 0 aromatic heterocycles. The summed E-state index contributed by atoms with van der Waals surface area (Å²) in [6.45, 7) is 2.05. The second-order valence-electron chi connectivity index (χ2n) is 3.67. The summed E-state index contributed by atoms with van der Waals surface area (Å²) in [5.41, 5.74) is 0. The summed E-state index contributed by atoms with van der Waals surface area (Å²) in [4.78, 5) is 10.8. The number of carboxylic acid groups (broad SMARTS) is 1. The Balaban J connectivity index is 2.25. The van der Waals surface area contributed by atoms with Crippen LogP contribution in [0.1, 0.15) is 13.3 Å². The van der Waals surface area contributed by atoms with Gasteiger partial charge in [0.05, 0.1) is 5.92 Å². The molecule has 0 radical (unpaired) electrons. The summed E-state index contributed by atoms with van der Waals surface area (Å²) in [6.07, 6.45) is 5.32. The Morgan fingerprint density at radius 2 is 2.09 bits per heavy atom. The molecule has 2 nitrogen and oxygen atoms in total. The van der Waals surface area contributed by atoms with Crippen LogP contribution in [-0.4, -0.2) is 11.1 Å². The lowest BCUT2D eigenvalue weighted by Crippen LogP contribution is -2.25. The van der Waals surface area contributed by atoms with Gasteiger partial charge < -0.3 is 5.11 Å². The van der Waals surface area contributed by atoms with Crippen LogP contribution >= 0.6 is 0 Å². The molecule has 2 heteroatoms. The van der Waals surface area contributed by atoms with E-state index in [0.717, 1.165) is 6.42 Å². The molecule has 1 N–H and O–H groups in total. The van der Waals surface area contributed by atoms with Gasteiger partial charge in [-0.05, 0) is 24.2 Å². The molecule has 0 aliphatic heterocycles. The van der Waals surface area contributed by atoms with E-state index in [9.17, 15) is 4.79 Å². The molecule has 1 saturated carbocycles. The maximum atomic E-state index is 10.8. The molecule has 11 heavy (non-hydrogen) atoms. The van der Waals surface area contributed by atoms with Gasteiger partial charge in [0, 0.05) is 0 Å². The first-order valence-corrected chi connectivity index (χ1v) is 4.11. The van der Waals surface area contributed by atoms with Crippen LogP contribution in [0.15, 0.2) is 12.2 Å². The molecule has 0 aromatic carbocycles. The second kappa shape index (κ2) is 2.10. The molecule has 1 fully saturated rings. The third kappa shape index (κ3) is 0.817. The van der Waals surface area contributed by atoms with Crippen molar-refractivity contribution < 1.29 is 9.90 Å². The van der Waals surface area contributed by atoms with Crippen molar-refractivity contribution in [3.05, 3.63) is 12.2 Å². The fourth-order valence-corrected chi connectivity index (χ4v) is 2.48. The van der Waals surface area contributed by atoms with Crippen LogP contribution < -0.4 is 0 Å². The van der Waals surface area contributed by atoms with Crippen LogP contribution in [0.4, 0.5) is 0 Å². The maximum Gasteiger partial charge on any atom is 0.307 e. The highest BCUT2D eigenvalue weighted by Crippen LogP contribution is 2.47. The molecule has 2 rings (SSSR count). The largest absolute Gasteiger partial charge is 0.481 e. The van der Waals surface area contributed by atoms with Crippen LogP contribution in [0.5, 0.6) is 0 Å². The molecule has 60 valence electrons. The Bertz CT molecular complexity index is 220. The quantitative estimate of drug-likeness (QED) is 0.578. The van der Waals surface area contributed by atoms with Crippen molar-refractivity contribution in [2.24, 2.45) is 23.7 Å². The van der Waals surface area contributed by atoms with E-state index < -0.39 is 5.97 Å². The molecule has 0 unspecified atom stereocenters. The summed E-state index contributed by atoms with van der Waals surface area (Å²) in [5, 5.41) is 8.87. The molecule has 0 aromatic rings. The Morgan fingerprint density at radius 3 is 2.45 bits per heavy atom. The van der Waals surface area contributed by atoms with Crippen molar-refractivity contribution >= 4 is 5.97 Å². The molecule has 0 spiro atoms. The van der Waals surface area contributed by atoms with E-state index in [1.54, 1.807) is 0 Å². The van der Waals surface area contributed by atoms with E-state index in [2.05, 4.69) is 12.2 Å². The lowest BCUT2D eigenvalue weighted by Gasteiger charge is -2.19. The number of carbonyl (C=O) groups is 1. The van der Waals surface area contributed by atoms with Gasteiger partial charge in [0.1, 0.15) is 0 Å². The van der Waals surface area contributed by atoms with Crippen molar-refractivity contribution in [1.29, 1.82) is 0 Å². The van der Waals surface area contributed by atoms with Crippen molar-refractivity contribution in [2.45, 2.75) is 13.3 Å². The summed E-state index contributed by atoms with van der Waals surface area (Å²) < 4.78 is 0. The average Bonchev–Trinajstić information content (AvgIpc) is 2.44. The van der Waals surface area contributed by atoms with Crippen molar-refractivity contribution in [2.75, 3.05) is 0 Å². The van der Waals surface area contributed by atoms with Crippen molar-refractivity contribution in [3.63, 3.8) is 0 Å². The highest BCUT2D eigenvalue weighted by molar-refractivity contribution is 5.72. The number of hydrogen-bond acceptors (Lipinski definition) is 1. The number of hydrogen-bond donors (Lipinski definition) is 1. The number of rotatable bonds is 1. The Labute approximate surface area is 65.9 Å². The number of allylic oxidation sites excluding steroid dienone is 2. The van der Waals surface area contributed by atoms with Gasteiger partial charge in [0.25, 0.3) is 0 Å². The minimum absolute atomic E-state index is 0.106.